The van der Waals surface area contributed by atoms with E-state index in [1.165, 1.54) is 24.3 Å². The van der Waals surface area contributed by atoms with E-state index in [4.69, 9.17) is 0 Å². The highest BCUT2D eigenvalue weighted by atomic mass is 35.5. The standard InChI is InChI=1S/C13H15F3N2OS.ClH/c1-9-8-17-6-7-18(9)12(19)10-2-4-11(5-3-10)20-13(14,15)16;/h2-5,9,17H,6-8H2,1H3;1H/t9-;/m1./s1. The molecule has 1 N–H and O–H groups in total. The van der Waals surface area contributed by atoms with Crippen LogP contribution in [0.3, 0.4) is 0 Å². The highest BCUT2D eigenvalue weighted by Crippen LogP contribution is 2.36. The Bertz CT molecular complexity index is 481. The van der Waals surface area contributed by atoms with Crippen LogP contribution < -0.4 is 5.32 Å². The quantitative estimate of drug-likeness (QED) is 0.839. The molecular formula is C13H16ClF3N2OS. The molecule has 1 fully saturated rings. The number of halogens is 4. The van der Waals surface area contributed by atoms with Gasteiger partial charge in [-0.2, -0.15) is 13.2 Å². The van der Waals surface area contributed by atoms with Crippen LogP contribution in [0, 0.1) is 0 Å². The molecule has 0 aliphatic carbocycles. The van der Waals surface area contributed by atoms with Crippen LogP contribution in [0.5, 0.6) is 0 Å². The van der Waals surface area contributed by atoms with Crippen molar-refractivity contribution in [1.82, 2.24) is 10.2 Å². The van der Waals surface area contributed by atoms with Crippen molar-refractivity contribution in [3.63, 3.8) is 0 Å². The van der Waals surface area contributed by atoms with E-state index in [1.807, 2.05) is 6.92 Å². The van der Waals surface area contributed by atoms with Gasteiger partial charge in [-0.05, 0) is 43.0 Å². The number of carbonyl (C=O) groups is 1. The smallest absolute Gasteiger partial charge is 0.333 e. The highest BCUT2D eigenvalue weighted by molar-refractivity contribution is 8.00. The van der Waals surface area contributed by atoms with Crippen molar-refractivity contribution in [3.8, 4) is 0 Å². The first-order valence-corrected chi connectivity index (χ1v) is 7.06. The summed E-state index contributed by atoms with van der Waals surface area (Å²) in [4.78, 5) is 14.1. The Kier molecular flexibility index (Phi) is 6.37. The lowest BCUT2D eigenvalue weighted by molar-refractivity contribution is -0.0328. The predicted molar refractivity (Wildman–Crippen MR) is 79.0 cm³/mol. The molecule has 118 valence electrons. The van der Waals surface area contributed by atoms with Crippen LogP contribution in [-0.2, 0) is 0 Å². The fourth-order valence-corrected chi connectivity index (χ4v) is 2.65. The van der Waals surface area contributed by atoms with Crippen LogP contribution >= 0.6 is 24.2 Å². The molecule has 21 heavy (non-hydrogen) atoms. The summed E-state index contributed by atoms with van der Waals surface area (Å²) >= 11 is -0.178. The minimum absolute atomic E-state index is 0. The third kappa shape index (κ3) is 5.09. The number of alkyl halides is 3. The Morgan fingerprint density at radius 3 is 2.48 bits per heavy atom. The van der Waals surface area contributed by atoms with Crippen LogP contribution in [-0.4, -0.2) is 42.0 Å². The lowest BCUT2D eigenvalue weighted by atomic mass is 10.1. The highest BCUT2D eigenvalue weighted by Gasteiger charge is 2.29. The maximum atomic E-state index is 12.3. The van der Waals surface area contributed by atoms with Gasteiger partial charge in [-0.15, -0.1) is 12.4 Å². The molecule has 1 aromatic carbocycles. The topological polar surface area (TPSA) is 32.3 Å². The van der Waals surface area contributed by atoms with Crippen molar-refractivity contribution >= 4 is 30.1 Å². The molecule has 0 aromatic heterocycles. The lowest BCUT2D eigenvalue weighted by Crippen LogP contribution is -2.52. The maximum Gasteiger partial charge on any atom is 0.446 e. The third-order valence-electron chi connectivity index (χ3n) is 3.10. The molecule has 0 radical (unpaired) electrons. The van der Waals surface area contributed by atoms with E-state index in [2.05, 4.69) is 5.32 Å². The van der Waals surface area contributed by atoms with Crippen molar-refractivity contribution in [1.29, 1.82) is 0 Å². The first kappa shape index (κ1) is 18.1. The number of carbonyl (C=O) groups excluding carboxylic acids is 1. The van der Waals surface area contributed by atoms with Gasteiger partial charge in [0, 0.05) is 36.1 Å². The molecule has 1 aliphatic heterocycles. The Hall–Kier alpha value is -0.920. The van der Waals surface area contributed by atoms with Gasteiger partial charge in [-0.3, -0.25) is 4.79 Å². The van der Waals surface area contributed by atoms with Crippen LogP contribution in [0.25, 0.3) is 0 Å². The van der Waals surface area contributed by atoms with Gasteiger partial charge >= 0.3 is 5.51 Å². The van der Waals surface area contributed by atoms with Gasteiger partial charge in [-0.25, -0.2) is 0 Å². The Morgan fingerprint density at radius 1 is 1.33 bits per heavy atom. The minimum atomic E-state index is -4.31. The van der Waals surface area contributed by atoms with E-state index in [0.29, 0.717) is 12.1 Å². The zero-order valence-electron chi connectivity index (χ0n) is 11.3. The monoisotopic (exact) mass is 340 g/mol. The largest absolute Gasteiger partial charge is 0.446 e. The number of rotatable bonds is 2. The molecule has 1 aromatic rings. The molecule has 8 heteroatoms. The van der Waals surface area contributed by atoms with Crippen molar-refractivity contribution in [2.45, 2.75) is 23.4 Å². The molecule has 0 unspecified atom stereocenters. The molecule has 1 amide bonds. The van der Waals surface area contributed by atoms with Crippen molar-refractivity contribution in [2.24, 2.45) is 0 Å². The van der Waals surface area contributed by atoms with Crippen LogP contribution in [0.1, 0.15) is 17.3 Å². The number of thioether (sulfide) groups is 1. The van der Waals surface area contributed by atoms with Gasteiger partial charge in [0.25, 0.3) is 5.91 Å². The van der Waals surface area contributed by atoms with Gasteiger partial charge in [0.05, 0.1) is 0 Å². The third-order valence-corrected chi connectivity index (χ3v) is 3.84. The zero-order chi connectivity index (χ0) is 14.8. The zero-order valence-corrected chi connectivity index (χ0v) is 12.9. The number of nitrogens with one attached hydrogen (secondary N) is 1. The van der Waals surface area contributed by atoms with Gasteiger partial charge in [0.1, 0.15) is 0 Å². The van der Waals surface area contributed by atoms with E-state index in [-0.39, 0.29) is 41.0 Å². The van der Waals surface area contributed by atoms with E-state index in [1.54, 1.807) is 4.90 Å². The van der Waals surface area contributed by atoms with Crippen molar-refractivity contribution < 1.29 is 18.0 Å². The fourth-order valence-electron chi connectivity index (χ4n) is 2.11. The molecule has 1 heterocycles. The molecule has 0 saturated carbocycles. The van der Waals surface area contributed by atoms with E-state index < -0.39 is 5.51 Å². The Labute approximate surface area is 131 Å². The first-order chi connectivity index (χ1) is 9.37. The number of amides is 1. The Morgan fingerprint density at radius 2 is 1.95 bits per heavy atom. The fraction of sp³-hybridized carbons (Fsp3) is 0.462. The maximum absolute atomic E-state index is 12.3. The van der Waals surface area contributed by atoms with Gasteiger partial charge in [0.15, 0.2) is 0 Å². The first-order valence-electron chi connectivity index (χ1n) is 6.24. The molecule has 0 bridgehead atoms. The van der Waals surface area contributed by atoms with E-state index in [0.717, 1.165) is 13.1 Å². The second-order valence-electron chi connectivity index (χ2n) is 4.62. The molecule has 1 atom stereocenters. The summed E-state index contributed by atoms with van der Waals surface area (Å²) in [6, 6.07) is 5.65. The SMILES string of the molecule is C[C@@H]1CNCCN1C(=O)c1ccc(SC(F)(F)F)cc1.Cl. The van der Waals surface area contributed by atoms with Crippen molar-refractivity contribution in [3.05, 3.63) is 29.8 Å². The van der Waals surface area contributed by atoms with E-state index >= 15 is 0 Å². The minimum Gasteiger partial charge on any atom is -0.333 e. The van der Waals surface area contributed by atoms with Crippen LogP contribution in [0.2, 0.25) is 0 Å². The predicted octanol–water partition coefficient (Wildman–Crippen LogP) is 3.15. The molecular weight excluding hydrogens is 325 g/mol. The summed E-state index contributed by atoms with van der Waals surface area (Å²) in [5.41, 5.74) is -3.89. The second kappa shape index (κ2) is 7.38. The number of hydrogen-bond acceptors (Lipinski definition) is 3. The van der Waals surface area contributed by atoms with Gasteiger partial charge in [-0.1, -0.05) is 0 Å². The summed E-state index contributed by atoms with van der Waals surface area (Å²) in [5.74, 6) is -0.137. The molecule has 1 saturated heterocycles. The summed E-state index contributed by atoms with van der Waals surface area (Å²) in [6.45, 7) is 4.02. The van der Waals surface area contributed by atoms with Gasteiger partial charge in [0.2, 0.25) is 0 Å². The average molecular weight is 341 g/mol. The lowest BCUT2D eigenvalue weighted by Gasteiger charge is -2.34. The second-order valence-corrected chi connectivity index (χ2v) is 5.76. The summed E-state index contributed by atoms with van der Waals surface area (Å²) in [5, 5.41) is 3.18. The number of benzene rings is 1. The normalized spacial score (nSPS) is 19.0. The number of piperazine rings is 1. The molecule has 0 spiro atoms. The summed E-state index contributed by atoms with van der Waals surface area (Å²) in [7, 11) is 0. The van der Waals surface area contributed by atoms with Gasteiger partial charge < -0.3 is 10.2 Å². The summed E-state index contributed by atoms with van der Waals surface area (Å²) < 4.78 is 36.7. The van der Waals surface area contributed by atoms with Crippen LogP contribution in [0.4, 0.5) is 13.2 Å². The molecule has 2 rings (SSSR count). The summed E-state index contributed by atoms with van der Waals surface area (Å²) in [6.07, 6.45) is 0. The van der Waals surface area contributed by atoms with E-state index in [9.17, 15) is 18.0 Å². The number of hydrogen-bond donors (Lipinski definition) is 1. The molecule has 3 nitrogen and oxygen atoms in total. The average Bonchev–Trinajstić information content (AvgIpc) is 2.37. The van der Waals surface area contributed by atoms with Crippen LogP contribution in [0.15, 0.2) is 29.2 Å². The van der Waals surface area contributed by atoms with Crippen molar-refractivity contribution in [2.75, 3.05) is 19.6 Å². The number of nitrogens with zero attached hydrogens (tertiary/aromatic N) is 1. The Balaban J connectivity index is 0.00000220. The molecule has 1 aliphatic rings.